The van der Waals surface area contributed by atoms with Crippen molar-refractivity contribution in [1.29, 1.82) is 0 Å². The molecule has 0 spiro atoms. The molecule has 0 fully saturated rings. The van der Waals surface area contributed by atoms with Gasteiger partial charge in [0.05, 0.1) is 70.7 Å². The number of hydrogen-bond acceptors (Lipinski definition) is 10. The van der Waals surface area contributed by atoms with E-state index >= 15 is 26.3 Å². The van der Waals surface area contributed by atoms with Crippen molar-refractivity contribution in [3.05, 3.63) is 105 Å². The maximum Gasteiger partial charge on any atom is 0.397 e. The summed E-state index contributed by atoms with van der Waals surface area (Å²) in [6, 6.07) is 16.8. The standard InChI is InChI=1S/C43H42F6N4O8S4/c1-24-8-12-26(13-9-24)22-52-38-28(16-18-60-32-20-34(62-40(32)38)64(54,55)56)36(50-52)30(42(44,45)46)6-4-3-5-7-31(43(47,48)49)37-29-17-19-61-33-21-35(65(57,58)59)63-41(33)39(29)53(51-37)23-27-14-10-25(2)11-15-27/h8-15,20-21,30-31H,3-7,16-19,22-23H2,1-2H3,(H,54,55,56)(H,57,58,59). The number of thiophene rings is 2. The number of aromatic nitrogens is 4. The van der Waals surface area contributed by atoms with Gasteiger partial charge in [-0.2, -0.15) is 53.4 Å². The van der Waals surface area contributed by atoms with Crippen LogP contribution in [0.15, 0.2) is 69.1 Å². The number of unbranched alkanes of at least 4 members (excludes halogenated alkanes) is 2. The van der Waals surface area contributed by atoms with E-state index in [2.05, 4.69) is 10.2 Å². The highest BCUT2D eigenvalue weighted by Crippen LogP contribution is 2.50. The fourth-order valence-corrected chi connectivity index (χ4v) is 12.0. The number of alkyl halides is 6. The zero-order valence-corrected chi connectivity index (χ0v) is 38.0. The highest BCUT2D eigenvalue weighted by atomic mass is 32.3. The lowest BCUT2D eigenvalue weighted by Gasteiger charge is -2.21. The van der Waals surface area contributed by atoms with Gasteiger partial charge in [0.15, 0.2) is 8.42 Å². The van der Waals surface area contributed by atoms with E-state index in [-0.39, 0.29) is 114 Å². The van der Waals surface area contributed by atoms with Crippen molar-refractivity contribution < 1.29 is 61.8 Å². The van der Waals surface area contributed by atoms with Gasteiger partial charge in [0.1, 0.15) is 11.5 Å². The third-order valence-electron chi connectivity index (χ3n) is 11.5. The van der Waals surface area contributed by atoms with Gasteiger partial charge >= 0.3 is 32.6 Å². The van der Waals surface area contributed by atoms with Crippen LogP contribution in [-0.4, -0.2) is 71.1 Å². The van der Waals surface area contributed by atoms with E-state index in [1.165, 1.54) is 9.36 Å². The van der Waals surface area contributed by atoms with Gasteiger partial charge in [-0.05, 0) is 37.8 Å². The second-order valence-electron chi connectivity index (χ2n) is 16.2. The minimum Gasteiger partial charge on any atom is -0.492 e. The van der Waals surface area contributed by atoms with E-state index in [4.69, 9.17) is 9.47 Å². The topological polar surface area (TPSA) is 163 Å². The van der Waals surface area contributed by atoms with Crippen molar-refractivity contribution in [3.8, 4) is 32.6 Å². The Balaban J connectivity index is 1.08. The maximum absolute atomic E-state index is 15.2. The maximum atomic E-state index is 15.2. The first kappa shape index (κ1) is 46.8. The molecule has 0 aliphatic carbocycles. The Bertz CT molecular complexity index is 2740. The van der Waals surface area contributed by atoms with Crippen LogP contribution in [0.3, 0.4) is 0 Å². The van der Waals surface area contributed by atoms with Gasteiger partial charge in [0.2, 0.25) is 0 Å². The van der Waals surface area contributed by atoms with Gasteiger partial charge in [0.25, 0.3) is 0 Å². The fourth-order valence-electron chi connectivity index (χ4n) is 8.37. The van der Waals surface area contributed by atoms with E-state index in [1.807, 2.05) is 38.1 Å². The van der Waals surface area contributed by atoms with E-state index in [9.17, 15) is 25.9 Å². The fraction of sp³-hybridized carbons (Fsp3) is 0.395. The van der Waals surface area contributed by atoms with Crippen molar-refractivity contribution in [1.82, 2.24) is 19.6 Å². The molecule has 12 nitrogen and oxygen atoms in total. The number of rotatable bonds is 14. The molecular formula is C43H42F6N4O8S4. The monoisotopic (exact) mass is 984 g/mol. The van der Waals surface area contributed by atoms with E-state index < -0.39 is 65.7 Å². The van der Waals surface area contributed by atoms with Gasteiger partial charge in [-0.15, -0.1) is 22.7 Å². The third kappa shape index (κ3) is 10.0. The first-order valence-electron chi connectivity index (χ1n) is 20.5. The Morgan fingerprint density at radius 2 is 1.00 bits per heavy atom. The number of ether oxygens (including phenoxy) is 2. The van der Waals surface area contributed by atoms with Crippen molar-refractivity contribution in [3.63, 3.8) is 0 Å². The number of aryl methyl sites for hydroxylation is 2. The molecule has 8 rings (SSSR count). The van der Waals surface area contributed by atoms with E-state index in [1.54, 1.807) is 24.3 Å². The lowest BCUT2D eigenvalue weighted by atomic mass is 9.90. The van der Waals surface area contributed by atoms with Crippen LogP contribution >= 0.6 is 22.7 Å². The van der Waals surface area contributed by atoms with Crippen molar-refractivity contribution in [2.24, 2.45) is 0 Å². The first-order chi connectivity index (χ1) is 30.6. The van der Waals surface area contributed by atoms with Crippen molar-refractivity contribution in [2.75, 3.05) is 13.2 Å². The lowest BCUT2D eigenvalue weighted by molar-refractivity contribution is -0.153. The molecule has 0 saturated carbocycles. The molecule has 2 atom stereocenters. The van der Waals surface area contributed by atoms with Crippen LogP contribution in [0, 0.1) is 13.8 Å². The molecule has 0 saturated heterocycles. The van der Waals surface area contributed by atoms with Gasteiger partial charge in [-0.25, -0.2) is 0 Å². The highest BCUT2D eigenvalue weighted by molar-refractivity contribution is 7.88. The minimum absolute atomic E-state index is 0.00295. The second kappa shape index (κ2) is 17.8. The van der Waals surface area contributed by atoms with Crippen LogP contribution in [0.2, 0.25) is 0 Å². The normalized spacial score (nSPS) is 15.2. The number of halogens is 6. The van der Waals surface area contributed by atoms with Gasteiger partial charge < -0.3 is 9.47 Å². The summed E-state index contributed by atoms with van der Waals surface area (Å²) in [5, 5.41) is 9.05. The number of nitrogens with zero attached hydrogens (tertiary/aromatic N) is 4. The molecule has 4 aromatic heterocycles. The number of benzene rings is 2. The Labute approximate surface area is 378 Å². The summed E-state index contributed by atoms with van der Waals surface area (Å²) in [6.45, 7) is 3.58. The quantitative estimate of drug-likeness (QED) is 0.0610. The largest absolute Gasteiger partial charge is 0.492 e. The summed E-state index contributed by atoms with van der Waals surface area (Å²) in [6.07, 6.45) is -10.9. The van der Waals surface area contributed by atoms with Gasteiger partial charge in [-0.3, -0.25) is 18.5 Å². The van der Waals surface area contributed by atoms with Gasteiger partial charge in [0, 0.05) is 36.1 Å². The average molecular weight is 985 g/mol. The summed E-state index contributed by atoms with van der Waals surface area (Å²) >= 11 is 1.30. The molecule has 0 amide bonds. The Morgan fingerprint density at radius 3 is 1.34 bits per heavy atom. The third-order valence-corrected chi connectivity index (χ3v) is 16.4. The Hall–Kier alpha value is -4.74. The zero-order chi connectivity index (χ0) is 46.6. The molecule has 6 heterocycles. The van der Waals surface area contributed by atoms with E-state index in [0.29, 0.717) is 33.8 Å². The molecule has 65 heavy (non-hydrogen) atoms. The molecular weight excluding hydrogens is 943 g/mol. The first-order valence-corrected chi connectivity index (χ1v) is 25.0. The predicted octanol–water partition coefficient (Wildman–Crippen LogP) is 10.6. The minimum atomic E-state index is -4.82. The SMILES string of the molecule is Cc1ccc(Cn2nc(C(CCCCCC(c3nn(Cc4ccc(C)cc4)c4c3CCOc3cc(S(=O)(=O)O)sc3-4)C(F)(F)F)C(F)(F)F)c3c2-c2sc(S(=O)(=O)O)cc2OCC3)cc1. The van der Waals surface area contributed by atoms with Crippen LogP contribution in [0.1, 0.15) is 88.7 Å². The molecule has 2 aliphatic heterocycles. The lowest BCUT2D eigenvalue weighted by Crippen LogP contribution is -2.24. The second-order valence-corrected chi connectivity index (χ2v) is 21.6. The smallest absolute Gasteiger partial charge is 0.397 e. The molecule has 0 radical (unpaired) electrons. The van der Waals surface area contributed by atoms with Crippen LogP contribution in [0.25, 0.3) is 21.1 Å². The molecule has 6 aromatic rings. The predicted molar refractivity (Wildman–Crippen MR) is 230 cm³/mol. The Morgan fingerprint density at radius 1 is 0.631 bits per heavy atom. The molecule has 348 valence electrons. The van der Waals surface area contributed by atoms with Crippen LogP contribution in [-0.2, 0) is 46.2 Å². The Kier molecular flexibility index (Phi) is 12.8. The molecule has 2 aromatic carbocycles. The summed E-state index contributed by atoms with van der Waals surface area (Å²) in [5.74, 6) is -4.11. The van der Waals surface area contributed by atoms with Crippen molar-refractivity contribution in [2.45, 2.75) is 104 Å². The van der Waals surface area contributed by atoms with Crippen molar-refractivity contribution >= 4 is 42.9 Å². The summed E-state index contributed by atoms with van der Waals surface area (Å²) in [5.41, 5.74) is 3.57. The highest BCUT2D eigenvalue weighted by Gasteiger charge is 2.46. The van der Waals surface area contributed by atoms with Crippen LogP contribution in [0.4, 0.5) is 26.3 Å². The summed E-state index contributed by atoms with van der Waals surface area (Å²) < 4.78 is 173. The number of fused-ring (bicyclic) bond motifs is 6. The molecule has 2 unspecified atom stereocenters. The molecule has 2 aliphatic rings. The van der Waals surface area contributed by atoms with E-state index in [0.717, 1.165) is 23.3 Å². The molecule has 2 N–H and O–H groups in total. The number of hydrogen-bond donors (Lipinski definition) is 2. The van der Waals surface area contributed by atoms with Gasteiger partial charge in [-0.1, -0.05) is 78.9 Å². The average Bonchev–Trinajstić information content (AvgIpc) is 3.94. The van der Waals surface area contributed by atoms with Crippen LogP contribution < -0.4 is 9.47 Å². The molecule has 22 heteroatoms. The van der Waals surface area contributed by atoms with Crippen LogP contribution in [0.5, 0.6) is 11.5 Å². The molecule has 0 bridgehead atoms. The summed E-state index contributed by atoms with van der Waals surface area (Å²) in [7, 11) is -9.37. The zero-order valence-electron chi connectivity index (χ0n) is 34.7. The summed E-state index contributed by atoms with van der Waals surface area (Å²) in [4.78, 5) is 0.380.